The predicted molar refractivity (Wildman–Crippen MR) is 73.8 cm³/mol. The van der Waals surface area contributed by atoms with Crippen LogP contribution in [0.4, 0.5) is 0 Å². The number of hydrogen-bond donors (Lipinski definition) is 0. The number of likely N-dealkylation sites (tertiary alicyclic amines) is 1. The molecule has 3 atom stereocenters. The first kappa shape index (κ1) is 13.0. The minimum atomic E-state index is 0.336. The van der Waals surface area contributed by atoms with Crippen molar-refractivity contribution in [2.24, 2.45) is 11.8 Å². The highest BCUT2D eigenvalue weighted by Crippen LogP contribution is 2.41. The summed E-state index contributed by atoms with van der Waals surface area (Å²) in [6, 6.07) is 0. The molecule has 0 bridgehead atoms. The van der Waals surface area contributed by atoms with Gasteiger partial charge in [-0.3, -0.25) is 4.79 Å². The van der Waals surface area contributed by atoms with Crippen molar-refractivity contribution in [2.45, 2.75) is 57.2 Å². The lowest BCUT2D eigenvalue weighted by molar-refractivity contribution is -0.140. The second kappa shape index (κ2) is 5.03. The third-order valence-corrected chi connectivity index (χ3v) is 4.91. The molecule has 1 aliphatic heterocycles. The molecule has 2 nitrogen and oxygen atoms in total. The van der Waals surface area contributed by atoms with Gasteiger partial charge in [-0.2, -0.15) is 0 Å². The van der Waals surface area contributed by atoms with Gasteiger partial charge in [0.15, 0.2) is 0 Å². The molecule has 1 saturated carbocycles. The molecule has 17 heavy (non-hydrogen) atoms. The van der Waals surface area contributed by atoms with Crippen LogP contribution in [0, 0.1) is 11.8 Å². The number of hydrogen-bond acceptors (Lipinski definition) is 1. The fourth-order valence-corrected chi connectivity index (χ4v) is 3.53. The van der Waals surface area contributed by atoms with Crippen molar-refractivity contribution in [3.05, 3.63) is 0 Å². The average molecular weight is 235 g/mol. The smallest absolute Gasteiger partial charge is 0.225 e. The molecule has 0 aromatic heterocycles. The van der Waals surface area contributed by atoms with E-state index in [9.17, 15) is 4.79 Å². The average Bonchev–Trinajstić information content (AvgIpc) is 2.34. The van der Waals surface area contributed by atoms with Gasteiger partial charge in [0, 0.05) is 19.5 Å². The van der Waals surface area contributed by atoms with Crippen LogP contribution in [0.5, 0.6) is 0 Å². The molecule has 1 aliphatic carbocycles. The van der Waals surface area contributed by atoms with Gasteiger partial charge in [0.05, 0.1) is 0 Å². The molecule has 1 amide bonds. The van der Waals surface area contributed by atoms with Gasteiger partial charge in [0.1, 0.15) is 7.85 Å². The zero-order valence-corrected chi connectivity index (χ0v) is 11.7. The van der Waals surface area contributed by atoms with Crippen molar-refractivity contribution in [3.8, 4) is 0 Å². The maximum absolute atomic E-state index is 12.2. The Kier molecular flexibility index (Phi) is 3.84. The summed E-state index contributed by atoms with van der Waals surface area (Å²) < 4.78 is 0. The summed E-state index contributed by atoms with van der Waals surface area (Å²) in [5, 5.41) is 0.487. The second-order valence-electron chi connectivity index (χ2n) is 6.86. The van der Waals surface area contributed by atoms with Crippen molar-refractivity contribution in [3.63, 3.8) is 0 Å². The largest absolute Gasteiger partial charge is 0.346 e. The molecule has 2 rings (SSSR count). The summed E-state index contributed by atoms with van der Waals surface area (Å²) in [6.45, 7) is 3.37. The summed E-state index contributed by atoms with van der Waals surface area (Å²) in [7, 11) is 4.36. The Morgan fingerprint density at radius 2 is 2.00 bits per heavy atom. The lowest BCUT2D eigenvalue weighted by Crippen LogP contribution is -2.43. The first-order valence-electron chi connectivity index (χ1n) is 7.25. The van der Waals surface area contributed by atoms with Gasteiger partial charge >= 0.3 is 0 Å². The van der Waals surface area contributed by atoms with Crippen LogP contribution in [0.25, 0.3) is 0 Å². The summed E-state index contributed by atoms with van der Waals surface area (Å²) >= 11 is 0. The van der Waals surface area contributed by atoms with Crippen LogP contribution < -0.4 is 0 Å². The van der Waals surface area contributed by atoms with E-state index in [-0.39, 0.29) is 0 Å². The van der Waals surface area contributed by atoms with Crippen LogP contribution in [0.15, 0.2) is 0 Å². The van der Waals surface area contributed by atoms with Crippen molar-refractivity contribution < 1.29 is 4.79 Å². The number of carbonyl (C=O) groups is 1. The fraction of sp³-hybridized carbons (Fsp3) is 0.929. The van der Waals surface area contributed by atoms with Gasteiger partial charge in [-0.15, -0.1) is 0 Å². The van der Waals surface area contributed by atoms with E-state index in [1.54, 1.807) is 0 Å². The SMILES string of the molecule is BC1(C)CCCCC2C(=O)N(C)CCC2CC1. The molecule has 2 aliphatic rings. The van der Waals surface area contributed by atoms with E-state index in [2.05, 4.69) is 14.8 Å². The normalized spacial score (nSPS) is 40.1. The molecule has 0 radical (unpaired) electrons. The van der Waals surface area contributed by atoms with E-state index in [4.69, 9.17) is 0 Å². The molecule has 0 aromatic carbocycles. The quantitative estimate of drug-likeness (QED) is 0.590. The Labute approximate surface area is 107 Å². The topological polar surface area (TPSA) is 20.3 Å². The third-order valence-electron chi connectivity index (χ3n) is 4.91. The molecule has 0 spiro atoms. The van der Waals surface area contributed by atoms with Gasteiger partial charge in [0.2, 0.25) is 5.91 Å². The molecule has 0 N–H and O–H groups in total. The number of amides is 1. The summed E-state index contributed by atoms with van der Waals surface area (Å²) in [5.74, 6) is 1.42. The maximum atomic E-state index is 12.2. The monoisotopic (exact) mass is 235 g/mol. The van der Waals surface area contributed by atoms with Crippen LogP contribution in [0.3, 0.4) is 0 Å². The molecule has 0 aromatic rings. The van der Waals surface area contributed by atoms with Crippen molar-refractivity contribution in [1.29, 1.82) is 0 Å². The highest BCUT2D eigenvalue weighted by atomic mass is 16.2. The molecule has 1 heterocycles. The lowest BCUT2D eigenvalue weighted by Gasteiger charge is -2.36. The van der Waals surface area contributed by atoms with Gasteiger partial charge in [0.25, 0.3) is 0 Å². The van der Waals surface area contributed by atoms with Crippen LogP contribution in [-0.4, -0.2) is 32.2 Å². The number of piperidine rings is 1. The van der Waals surface area contributed by atoms with Gasteiger partial charge < -0.3 is 4.90 Å². The Morgan fingerprint density at radius 1 is 1.24 bits per heavy atom. The second-order valence-corrected chi connectivity index (χ2v) is 6.86. The third kappa shape index (κ3) is 3.05. The van der Waals surface area contributed by atoms with E-state index in [1.165, 1.54) is 38.5 Å². The van der Waals surface area contributed by atoms with Gasteiger partial charge in [-0.25, -0.2) is 0 Å². The predicted octanol–water partition coefficient (Wildman–Crippen LogP) is 2.25. The van der Waals surface area contributed by atoms with E-state index < -0.39 is 0 Å². The first-order chi connectivity index (χ1) is 7.99. The van der Waals surface area contributed by atoms with E-state index >= 15 is 0 Å². The van der Waals surface area contributed by atoms with Crippen molar-refractivity contribution in [2.75, 3.05) is 13.6 Å². The zero-order valence-electron chi connectivity index (χ0n) is 11.7. The number of rotatable bonds is 0. The molecule has 3 heteroatoms. The van der Waals surface area contributed by atoms with Gasteiger partial charge in [-0.1, -0.05) is 37.9 Å². The van der Waals surface area contributed by atoms with Crippen LogP contribution in [0.1, 0.15) is 51.9 Å². The Balaban J connectivity index is 2.07. The number of carbonyl (C=O) groups excluding carboxylic acids is 1. The minimum Gasteiger partial charge on any atom is -0.346 e. The molecular weight excluding hydrogens is 209 g/mol. The fourth-order valence-electron chi connectivity index (χ4n) is 3.53. The highest BCUT2D eigenvalue weighted by molar-refractivity contribution is 6.14. The Bertz CT molecular complexity index is 290. The highest BCUT2D eigenvalue weighted by Gasteiger charge is 2.36. The molecule has 96 valence electrons. The Hall–Kier alpha value is -0.465. The maximum Gasteiger partial charge on any atom is 0.225 e. The lowest BCUT2D eigenvalue weighted by atomic mass is 9.64. The zero-order chi connectivity index (χ0) is 12.5. The van der Waals surface area contributed by atoms with Crippen LogP contribution in [0.2, 0.25) is 5.31 Å². The van der Waals surface area contributed by atoms with Crippen LogP contribution >= 0.6 is 0 Å². The minimum absolute atomic E-state index is 0.336. The summed E-state index contributed by atoms with van der Waals surface area (Å²) in [4.78, 5) is 14.2. The molecule has 2 fully saturated rings. The summed E-state index contributed by atoms with van der Waals surface area (Å²) in [5.41, 5.74) is 0. The summed E-state index contributed by atoms with van der Waals surface area (Å²) in [6.07, 6.45) is 8.78. The molecular formula is C14H26BNO. The number of nitrogens with zero attached hydrogens (tertiary/aromatic N) is 1. The molecule has 1 saturated heterocycles. The van der Waals surface area contributed by atoms with Crippen molar-refractivity contribution >= 4 is 13.8 Å². The standard InChI is InChI=1S/C14H26BNO/c1-14(15)8-4-3-5-12-11(6-9-14)7-10-16(2)13(12)17/h11-12H,3-10,15H2,1-2H3. The van der Waals surface area contributed by atoms with Crippen molar-refractivity contribution in [1.82, 2.24) is 4.90 Å². The van der Waals surface area contributed by atoms with E-state index in [1.807, 2.05) is 11.9 Å². The molecule has 3 unspecified atom stereocenters. The first-order valence-corrected chi connectivity index (χ1v) is 7.25. The Morgan fingerprint density at radius 3 is 2.76 bits per heavy atom. The van der Waals surface area contributed by atoms with E-state index in [0.717, 1.165) is 13.0 Å². The van der Waals surface area contributed by atoms with Gasteiger partial charge in [-0.05, 0) is 25.2 Å². The van der Waals surface area contributed by atoms with Crippen LogP contribution in [-0.2, 0) is 4.79 Å². The van der Waals surface area contributed by atoms with E-state index in [0.29, 0.717) is 23.1 Å². The number of fused-ring (bicyclic) bond motifs is 1.